The highest BCUT2D eigenvalue weighted by molar-refractivity contribution is 6.30. The summed E-state index contributed by atoms with van der Waals surface area (Å²) in [5.74, 6) is 0.813. The molecule has 1 aliphatic heterocycles. The van der Waals surface area contributed by atoms with E-state index in [0.717, 1.165) is 28.8 Å². The van der Waals surface area contributed by atoms with Gasteiger partial charge in [0.05, 0.1) is 18.2 Å². The number of ether oxygens (including phenoxy) is 3. The number of halogens is 1. The highest BCUT2D eigenvalue weighted by Crippen LogP contribution is 2.38. The lowest BCUT2D eigenvalue weighted by Crippen LogP contribution is -2.08. The molecule has 0 spiro atoms. The van der Waals surface area contributed by atoms with Gasteiger partial charge in [-0.2, -0.15) is 0 Å². The van der Waals surface area contributed by atoms with Gasteiger partial charge in [-0.05, 0) is 68.0 Å². The number of hydrogen-bond donors (Lipinski definition) is 0. The summed E-state index contributed by atoms with van der Waals surface area (Å²) >= 11 is 5.98. The van der Waals surface area contributed by atoms with Gasteiger partial charge < -0.3 is 18.8 Å². The van der Waals surface area contributed by atoms with Gasteiger partial charge in [0.15, 0.2) is 5.76 Å². The van der Waals surface area contributed by atoms with Crippen molar-refractivity contribution < 1.29 is 23.8 Å². The highest BCUT2D eigenvalue weighted by atomic mass is 35.5. The molecule has 5 rings (SSSR count). The maximum Gasteiger partial charge on any atom is 0.343 e. The predicted octanol–water partition coefficient (Wildman–Crippen LogP) is 6.47. The molecule has 0 fully saturated rings. The molecule has 0 aliphatic carbocycles. The van der Waals surface area contributed by atoms with Crippen LogP contribution in [0.25, 0.3) is 17.0 Å². The Kier molecular flexibility index (Phi) is 5.83. The molecule has 176 valence electrons. The zero-order chi connectivity index (χ0) is 24.7. The summed E-state index contributed by atoms with van der Waals surface area (Å²) in [7, 11) is 1.62. The Morgan fingerprint density at radius 2 is 1.94 bits per heavy atom. The van der Waals surface area contributed by atoms with E-state index in [9.17, 15) is 9.59 Å². The van der Waals surface area contributed by atoms with Crippen molar-refractivity contribution in [2.75, 3.05) is 7.11 Å². The SMILES string of the molecule is CCn1cc(/C=C2\Oc3cc(OC(=O)c4cccc(Cl)c4)cc(C)c3C2=O)c2cc(OC)ccc21. The van der Waals surface area contributed by atoms with Crippen LogP contribution >= 0.6 is 11.6 Å². The molecule has 6 nitrogen and oxygen atoms in total. The smallest absolute Gasteiger partial charge is 0.343 e. The number of methoxy groups -OCH3 is 1. The van der Waals surface area contributed by atoms with Crippen molar-refractivity contribution in [2.45, 2.75) is 20.4 Å². The van der Waals surface area contributed by atoms with Crippen molar-refractivity contribution in [3.05, 3.63) is 93.8 Å². The molecule has 2 heterocycles. The molecule has 1 aromatic heterocycles. The fraction of sp³-hybridized carbons (Fsp3) is 0.143. The minimum absolute atomic E-state index is 0.208. The van der Waals surface area contributed by atoms with Crippen molar-refractivity contribution in [2.24, 2.45) is 0 Å². The van der Waals surface area contributed by atoms with Crippen LogP contribution in [-0.4, -0.2) is 23.4 Å². The van der Waals surface area contributed by atoms with Crippen LogP contribution in [0.3, 0.4) is 0 Å². The van der Waals surface area contributed by atoms with Gasteiger partial charge in [0.2, 0.25) is 5.78 Å². The van der Waals surface area contributed by atoms with Gasteiger partial charge in [0.25, 0.3) is 0 Å². The topological polar surface area (TPSA) is 66.8 Å². The minimum Gasteiger partial charge on any atom is -0.497 e. The van der Waals surface area contributed by atoms with Crippen LogP contribution in [0, 0.1) is 6.92 Å². The molecule has 35 heavy (non-hydrogen) atoms. The molecule has 3 aromatic carbocycles. The fourth-order valence-electron chi connectivity index (χ4n) is 4.27. The van der Waals surface area contributed by atoms with E-state index in [1.165, 1.54) is 6.07 Å². The molecule has 4 aromatic rings. The quantitative estimate of drug-likeness (QED) is 0.183. The summed E-state index contributed by atoms with van der Waals surface area (Å²) in [5, 5.41) is 1.40. The van der Waals surface area contributed by atoms with E-state index in [0.29, 0.717) is 27.5 Å². The van der Waals surface area contributed by atoms with E-state index in [2.05, 4.69) is 11.5 Å². The Bertz CT molecular complexity index is 1530. The minimum atomic E-state index is -0.548. The second kappa shape index (κ2) is 8.96. The third kappa shape index (κ3) is 4.17. The van der Waals surface area contributed by atoms with Crippen LogP contribution in [0.4, 0.5) is 0 Å². The van der Waals surface area contributed by atoms with Gasteiger partial charge in [0, 0.05) is 40.3 Å². The molecule has 0 saturated carbocycles. The number of carbonyl (C=O) groups excluding carboxylic acids is 2. The van der Waals surface area contributed by atoms with Gasteiger partial charge in [-0.25, -0.2) is 4.79 Å². The summed E-state index contributed by atoms with van der Waals surface area (Å²) in [4.78, 5) is 25.7. The first kappa shape index (κ1) is 22.7. The second-order valence-corrected chi connectivity index (χ2v) is 8.64. The second-order valence-electron chi connectivity index (χ2n) is 8.21. The molecule has 0 N–H and O–H groups in total. The Hall–Kier alpha value is -4.03. The number of aryl methyl sites for hydroxylation is 2. The molecular weight excluding hydrogens is 466 g/mol. The molecule has 0 bridgehead atoms. The van der Waals surface area contributed by atoms with E-state index in [1.54, 1.807) is 50.4 Å². The van der Waals surface area contributed by atoms with Crippen molar-refractivity contribution in [3.8, 4) is 17.2 Å². The summed E-state index contributed by atoms with van der Waals surface area (Å²) < 4.78 is 19.0. The lowest BCUT2D eigenvalue weighted by molar-refractivity contribution is 0.0734. The number of fused-ring (bicyclic) bond motifs is 2. The Balaban J connectivity index is 1.48. The first-order valence-corrected chi connectivity index (χ1v) is 11.5. The number of esters is 1. The Morgan fingerprint density at radius 3 is 2.69 bits per heavy atom. The normalized spacial score (nSPS) is 13.7. The van der Waals surface area contributed by atoms with Crippen LogP contribution in [0.1, 0.15) is 38.8 Å². The van der Waals surface area contributed by atoms with E-state index in [-0.39, 0.29) is 17.3 Å². The number of rotatable bonds is 5. The molecule has 0 saturated heterocycles. The average molecular weight is 488 g/mol. The van der Waals surface area contributed by atoms with Crippen LogP contribution in [0.15, 0.2) is 66.6 Å². The van der Waals surface area contributed by atoms with Crippen molar-refractivity contribution in [1.29, 1.82) is 0 Å². The van der Waals surface area contributed by atoms with Crippen molar-refractivity contribution >= 4 is 40.3 Å². The summed E-state index contributed by atoms with van der Waals surface area (Å²) in [5.41, 5.74) is 3.32. The van der Waals surface area contributed by atoms with Crippen LogP contribution < -0.4 is 14.2 Å². The van der Waals surface area contributed by atoms with Gasteiger partial charge in [-0.1, -0.05) is 17.7 Å². The number of Topliss-reactive ketones (excluding diaryl/α,β-unsaturated/α-hetero) is 1. The average Bonchev–Trinajstić information content (AvgIpc) is 3.35. The zero-order valence-corrected chi connectivity index (χ0v) is 20.2. The van der Waals surface area contributed by atoms with E-state index >= 15 is 0 Å². The molecule has 0 amide bonds. The number of ketones is 1. The third-order valence-electron chi connectivity index (χ3n) is 5.96. The summed E-state index contributed by atoms with van der Waals surface area (Å²) in [6.45, 7) is 4.62. The fourth-order valence-corrected chi connectivity index (χ4v) is 4.46. The highest BCUT2D eigenvalue weighted by Gasteiger charge is 2.30. The van der Waals surface area contributed by atoms with Crippen LogP contribution in [0.2, 0.25) is 5.02 Å². The lowest BCUT2D eigenvalue weighted by atomic mass is 10.0. The summed E-state index contributed by atoms with van der Waals surface area (Å²) in [6, 6.07) is 15.6. The standard InChI is InChI=1S/C28H22ClNO5/c1-4-30-15-18(22-13-20(33-3)8-9-23(22)30)12-25-27(31)26-16(2)10-21(14-24(26)35-25)34-28(32)17-6-5-7-19(29)11-17/h5-15H,4H2,1-3H3/b25-12-. The maximum atomic E-state index is 13.2. The van der Waals surface area contributed by atoms with Gasteiger partial charge in [-0.3, -0.25) is 4.79 Å². The number of nitrogens with zero attached hydrogens (tertiary/aromatic N) is 1. The molecule has 7 heteroatoms. The molecule has 0 atom stereocenters. The molecule has 0 unspecified atom stereocenters. The first-order valence-electron chi connectivity index (χ1n) is 11.1. The number of benzene rings is 3. The van der Waals surface area contributed by atoms with E-state index in [1.807, 2.05) is 24.4 Å². The number of aromatic nitrogens is 1. The number of hydrogen-bond acceptors (Lipinski definition) is 5. The first-order chi connectivity index (χ1) is 16.9. The largest absolute Gasteiger partial charge is 0.497 e. The van der Waals surface area contributed by atoms with E-state index < -0.39 is 5.97 Å². The monoisotopic (exact) mass is 487 g/mol. The van der Waals surface area contributed by atoms with Crippen LogP contribution in [0.5, 0.6) is 17.2 Å². The predicted molar refractivity (Wildman–Crippen MR) is 135 cm³/mol. The van der Waals surface area contributed by atoms with Gasteiger partial charge in [-0.15, -0.1) is 0 Å². The lowest BCUT2D eigenvalue weighted by Gasteiger charge is -2.08. The Labute approximate surface area is 207 Å². The van der Waals surface area contributed by atoms with Crippen LogP contribution in [-0.2, 0) is 6.54 Å². The van der Waals surface area contributed by atoms with Gasteiger partial charge in [0.1, 0.15) is 17.2 Å². The number of allylic oxidation sites excluding steroid dienone is 1. The van der Waals surface area contributed by atoms with E-state index in [4.69, 9.17) is 25.8 Å². The van der Waals surface area contributed by atoms with Gasteiger partial charge >= 0.3 is 5.97 Å². The maximum absolute atomic E-state index is 13.2. The molecule has 1 aliphatic rings. The Morgan fingerprint density at radius 1 is 1.11 bits per heavy atom. The zero-order valence-electron chi connectivity index (χ0n) is 19.4. The summed E-state index contributed by atoms with van der Waals surface area (Å²) in [6.07, 6.45) is 3.73. The molecular formula is C28H22ClNO5. The van der Waals surface area contributed by atoms with Crippen molar-refractivity contribution in [1.82, 2.24) is 4.57 Å². The number of carbonyl (C=O) groups is 2. The molecule has 0 radical (unpaired) electrons. The third-order valence-corrected chi connectivity index (χ3v) is 6.20. The van der Waals surface area contributed by atoms with Crippen molar-refractivity contribution in [3.63, 3.8) is 0 Å².